The molecule has 9 nitrogen and oxygen atoms in total. The molecule has 0 radical (unpaired) electrons. The lowest BCUT2D eigenvalue weighted by atomic mass is 9.92. The van der Waals surface area contributed by atoms with E-state index in [0.717, 1.165) is 22.9 Å². The van der Waals surface area contributed by atoms with Crippen molar-refractivity contribution in [3.63, 3.8) is 0 Å². The fourth-order valence-electron chi connectivity index (χ4n) is 3.94. The van der Waals surface area contributed by atoms with Gasteiger partial charge in [0.15, 0.2) is 5.94 Å². The molecule has 0 saturated carbocycles. The van der Waals surface area contributed by atoms with Gasteiger partial charge in [-0.3, -0.25) is 15.0 Å². The molecular weight excluding hydrogens is 511 g/mol. The predicted molar refractivity (Wildman–Crippen MR) is 126 cm³/mol. The van der Waals surface area contributed by atoms with Crippen molar-refractivity contribution in [1.82, 2.24) is 19.9 Å². The minimum absolute atomic E-state index is 0.0232. The topological polar surface area (TPSA) is 115 Å². The number of hydrogen-bond donors (Lipinski definition) is 0. The van der Waals surface area contributed by atoms with Gasteiger partial charge in [0.2, 0.25) is 9.84 Å². The lowest BCUT2D eigenvalue weighted by molar-refractivity contribution is -0.197. The molecule has 0 aliphatic carbocycles. The largest absolute Gasteiger partial charge is 0.490 e. The number of para-hydroxylation sites is 1. The van der Waals surface area contributed by atoms with E-state index in [1.54, 1.807) is 0 Å². The summed E-state index contributed by atoms with van der Waals surface area (Å²) < 4.78 is 66.0. The van der Waals surface area contributed by atoms with E-state index < -0.39 is 32.8 Å². The molecule has 1 aliphatic rings. The van der Waals surface area contributed by atoms with Gasteiger partial charge in [0.25, 0.3) is 0 Å². The van der Waals surface area contributed by atoms with Crippen LogP contribution >= 0.6 is 0 Å². The van der Waals surface area contributed by atoms with Crippen molar-refractivity contribution in [2.24, 2.45) is 0 Å². The lowest BCUT2D eigenvalue weighted by Crippen LogP contribution is -2.46. The summed E-state index contributed by atoms with van der Waals surface area (Å²) in [4.78, 5) is 30.0. The molecule has 0 atom stereocenters. The minimum Gasteiger partial charge on any atom is -0.442 e. The van der Waals surface area contributed by atoms with Gasteiger partial charge in [0.05, 0.1) is 21.8 Å². The predicted octanol–water partition coefficient (Wildman–Crippen LogP) is 3.53. The van der Waals surface area contributed by atoms with Crippen LogP contribution in [0.3, 0.4) is 0 Å². The van der Waals surface area contributed by atoms with Gasteiger partial charge in [-0.25, -0.2) is 18.2 Å². The zero-order valence-corrected chi connectivity index (χ0v) is 19.8. The summed E-state index contributed by atoms with van der Waals surface area (Å²) in [5.74, 6) is -3.26. The first-order valence-electron chi connectivity index (χ1n) is 11.0. The number of pyridine rings is 2. The number of halogens is 3. The molecule has 5 rings (SSSR count). The Bertz CT molecular complexity index is 1590. The highest BCUT2D eigenvalue weighted by Crippen LogP contribution is 2.35. The van der Waals surface area contributed by atoms with Crippen LogP contribution in [0.25, 0.3) is 22.2 Å². The molecule has 1 saturated heterocycles. The number of carbonyl (C=O) groups excluding carboxylic acids is 1. The molecule has 3 aromatic heterocycles. The van der Waals surface area contributed by atoms with E-state index in [0.29, 0.717) is 30.0 Å². The van der Waals surface area contributed by atoms with Gasteiger partial charge < -0.3 is 9.64 Å². The van der Waals surface area contributed by atoms with Crippen LogP contribution < -0.4 is 4.90 Å². The third kappa shape index (κ3) is 5.07. The molecule has 13 heteroatoms. The first-order chi connectivity index (χ1) is 17.6. The minimum atomic E-state index is -5.30. The number of aromatic nitrogens is 4. The van der Waals surface area contributed by atoms with Gasteiger partial charge >= 0.3 is 12.1 Å². The summed E-state index contributed by atoms with van der Waals surface area (Å²) in [6.07, 6.45) is 0.0261. The zero-order valence-electron chi connectivity index (χ0n) is 19.0. The molecular formula is C24H18F3N5O4S. The highest BCUT2D eigenvalue weighted by atomic mass is 32.2. The SMILES string of the molecule is O=C(OCS(=O)(=O)c1cncc(-c2nccnc2C2CN(c3ccc4ccccc4n3)C2)c1)C(F)(F)F. The molecule has 190 valence electrons. The summed E-state index contributed by atoms with van der Waals surface area (Å²) in [6, 6.07) is 13.0. The number of alkyl halides is 3. The molecule has 0 spiro atoms. The summed E-state index contributed by atoms with van der Waals surface area (Å²) in [5.41, 5.74) is 2.22. The van der Waals surface area contributed by atoms with Gasteiger partial charge in [0, 0.05) is 54.7 Å². The second-order valence-corrected chi connectivity index (χ2v) is 10.3. The second-order valence-electron chi connectivity index (χ2n) is 8.33. The normalized spacial score (nSPS) is 14.4. The number of nitrogens with zero attached hydrogens (tertiary/aromatic N) is 5. The number of anilines is 1. The van der Waals surface area contributed by atoms with Crippen molar-refractivity contribution in [3.05, 3.63) is 72.9 Å². The van der Waals surface area contributed by atoms with E-state index in [2.05, 4.69) is 24.6 Å². The smallest absolute Gasteiger partial charge is 0.442 e. The van der Waals surface area contributed by atoms with E-state index in [1.165, 1.54) is 24.7 Å². The van der Waals surface area contributed by atoms with Gasteiger partial charge in [-0.15, -0.1) is 0 Å². The summed E-state index contributed by atoms with van der Waals surface area (Å²) >= 11 is 0. The third-order valence-corrected chi connectivity index (χ3v) is 7.19. The van der Waals surface area contributed by atoms with Crippen molar-refractivity contribution < 1.29 is 31.1 Å². The van der Waals surface area contributed by atoms with E-state index in [9.17, 15) is 26.4 Å². The molecule has 4 aromatic rings. The van der Waals surface area contributed by atoms with Crippen LogP contribution in [0.1, 0.15) is 11.6 Å². The fourth-order valence-corrected chi connectivity index (χ4v) is 4.87. The Morgan fingerprint density at radius 1 is 1.05 bits per heavy atom. The zero-order chi connectivity index (χ0) is 26.2. The van der Waals surface area contributed by atoms with Crippen molar-refractivity contribution in [1.29, 1.82) is 0 Å². The van der Waals surface area contributed by atoms with Crippen molar-refractivity contribution in [3.8, 4) is 11.3 Å². The molecule has 0 unspecified atom stereocenters. The molecule has 1 aromatic carbocycles. The average Bonchev–Trinajstić information content (AvgIpc) is 2.86. The number of benzene rings is 1. The number of rotatable bonds is 6. The Labute approximate surface area is 208 Å². The fraction of sp³-hybridized carbons (Fsp3) is 0.208. The van der Waals surface area contributed by atoms with Crippen molar-refractivity contribution in [2.75, 3.05) is 23.9 Å². The van der Waals surface area contributed by atoms with E-state index in [1.807, 2.05) is 36.4 Å². The summed E-state index contributed by atoms with van der Waals surface area (Å²) in [7, 11) is -4.40. The van der Waals surface area contributed by atoms with Crippen LogP contribution in [0.15, 0.2) is 72.1 Å². The van der Waals surface area contributed by atoms with E-state index in [4.69, 9.17) is 4.98 Å². The Hall–Kier alpha value is -4.13. The molecule has 37 heavy (non-hydrogen) atoms. The highest BCUT2D eigenvalue weighted by molar-refractivity contribution is 7.91. The molecule has 1 aliphatic heterocycles. The first-order valence-corrected chi connectivity index (χ1v) is 12.6. The molecule has 0 bridgehead atoms. The molecule has 0 amide bonds. The quantitative estimate of drug-likeness (QED) is 0.346. The van der Waals surface area contributed by atoms with Gasteiger partial charge in [-0.05, 0) is 24.3 Å². The van der Waals surface area contributed by atoms with Crippen LogP contribution in [-0.4, -0.2) is 59.5 Å². The van der Waals surface area contributed by atoms with Gasteiger partial charge in [0.1, 0.15) is 5.82 Å². The first kappa shape index (κ1) is 24.6. The van der Waals surface area contributed by atoms with Crippen molar-refractivity contribution >= 4 is 32.5 Å². The number of sulfone groups is 1. The van der Waals surface area contributed by atoms with Crippen LogP contribution in [0.5, 0.6) is 0 Å². The summed E-state index contributed by atoms with van der Waals surface area (Å²) in [6.45, 7) is 1.21. The van der Waals surface area contributed by atoms with Gasteiger partial charge in [-0.1, -0.05) is 18.2 Å². The monoisotopic (exact) mass is 529 g/mol. The van der Waals surface area contributed by atoms with Crippen LogP contribution in [-0.2, 0) is 19.4 Å². The Morgan fingerprint density at radius 3 is 2.59 bits per heavy atom. The molecule has 1 fully saturated rings. The second kappa shape index (κ2) is 9.39. The third-order valence-electron chi connectivity index (χ3n) is 5.82. The number of esters is 1. The maximum Gasteiger partial charge on any atom is 0.490 e. The van der Waals surface area contributed by atoms with Crippen LogP contribution in [0.4, 0.5) is 19.0 Å². The van der Waals surface area contributed by atoms with Gasteiger partial charge in [-0.2, -0.15) is 13.2 Å². The Balaban J connectivity index is 1.35. The number of hydrogen-bond acceptors (Lipinski definition) is 9. The van der Waals surface area contributed by atoms with Crippen LogP contribution in [0.2, 0.25) is 0 Å². The molecule has 0 N–H and O–H groups in total. The van der Waals surface area contributed by atoms with E-state index >= 15 is 0 Å². The van der Waals surface area contributed by atoms with Crippen LogP contribution in [0, 0.1) is 0 Å². The average molecular weight is 530 g/mol. The Morgan fingerprint density at radius 2 is 1.81 bits per heavy atom. The van der Waals surface area contributed by atoms with Crippen molar-refractivity contribution in [2.45, 2.75) is 17.0 Å². The standard InChI is InChI=1S/C24H18F3N5O4S/c25-24(26,27)23(33)36-14-37(34,35)18-9-16(10-28-11-18)21-22(30-8-7-29-21)17-12-32(13-17)20-6-5-15-3-1-2-4-19(15)31-20/h1-11,17H,12-14H2. The summed E-state index contributed by atoms with van der Waals surface area (Å²) in [5, 5.41) is 1.04. The highest BCUT2D eigenvalue weighted by Gasteiger charge is 2.42. The van der Waals surface area contributed by atoms with E-state index in [-0.39, 0.29) is 5.92 Å². The number of ether oxygens (including phenoxy) is 1. The maximum absolute atomic E-state index is 12.5. The number of carbonyl (C=O) groups is 1. The number of fused-ring (bicyclic) bond motifs is 1. The lowest BCUT2D eigenvalue weighted by Gasteiger charge is -2.40. The maximum atomic E-state index is 12.5. The Kier molecular flexibility index (Phi) is 6.23. The molecule has 4 heterocycles.